The Hall–Kier alpha value is -3.43. The van der Waals surface area contributed by atoms with Gasteiger partial charge in [0.2, 0.25) is 0 Å². The van der Waals surface area contributed by atoms with E-state index in [1.807, 2.05) is 16.8 Å². The molecule has 1 aliphatic heterocycles. The van der Waals surface area contributed by atoms with Crippen LogP contribution in [0.4, 0.5) is 28.9 Å². The molecular weight excluding hydrogens is 548 g/mol. The summed E-state index contributed by atoms with van der Waals surface area (Å²) in [4.78, 5) is 3.84. The summed E-state index contributed by atoms with van der Waals surface area (Å²) >= 11 is 0. The van der Waals surface area contributed by atoms with E-state index in [0.29, 0.717) is 41.0 Å². The van der Waals surface area contributed by atoms with Crippen LogP contribution in [0.1, 0.15) is 12.1 Å². The summed E-state index contributed by atoms with van der Waals surface area (Å²) in [7, 11) is 1.61. The highest BCUT2D eigenvalue weighted by molar-refractivity contribution is 7.90. The normalized spacial score (nSPS) is 18.3. The van der Waals surface area contributed by atoms with Gasteiger partial charge in [-0.2, -0.15) is 13.2 Å². The molecule has 0 bridgehead atoms. The number of alkyl halides is 4. The van der Waals surface area contributed by atoms with Crippen LogP contribution in [0.2, 0.25) is 0 Å². The minimum atomic E-state index is -4.48. The van der Waals surface area contributed by atoms with Crippen LogP contribution in [0, 0.1) is 11.8 Å². The van der Waals surface area contributed by atoms with Crippen molar-refractivity contribution in [2.24, 2.45) is 0 Å². The van der Waals surface area contributed by atoms with Gasteiger partial charge in [0.25, 0.3) is 0 Å². The van der Waals surface area contributed by atoms with Crippen molar-refractivity contribution in [1.29, 1.82) is 0 Å². The van der Waals surface area contributed by atoms with Crippen LogP contribution in [-0.2, 0) is 16.4 Å². The molecule has 2 heterocycles. The van der Waals surface area contributed by atoms with Gasteiger partial charge in [-0.15, -0.1) is 0 Å². The van der Waals surface area contributed by atoms with E-state index in [4.69, 9.17) is 4.74 Å². The van der Waals surface area contributed by atoms with Gasteiger partial charge in [0, 0.05) is 43.5 Å². The molecule has 2 atom stereocenters. The molecule has 1 saturated heterocycles. The molecule has 4 rings (SSSR count). The van der Waals surface area contributed by atoms with Crippen molar-refractivity contribution < 1.29 is 30.7 Å². The Balaban J connectivity index is 1.64. The van der Waals surface area contributed by atoms with E-state index in [1.54, 1.807) is 37.4 Å². The van der Waals surface area contributed by atoms with Gasteiger partial charge in [-0.3, -0.25) is 0 Å². The largest absolute Gasteiger partial charge is 0.495 e. The number of nitrogens with one attached hydrogen (secondary N) is 1. The summed E-state index contributed by atoms with van der Waals surface area (Å²) < 4.78 is 85.7. The Morgan fingerprint density at radius 3 is 2.60 bits per heavy atom. The molecule has 0 radical (unpaired) electrons. The summed E-state index contributed by atoms with van der Waals surface area (Å²) in [5, 5.41) is 3.58. The Kier molecular flexibility index (Phi) is 8.56. The zero-order chi connectivity index (χ0) is 29.2. The highest BCUT2D eigenvalue weighted by atomic mass is 32.2. The molecule has 1 aromatic heterocycles. The lowest BCUT2D eigenvalue weighted by atomic mass is 10.0. The van der Waals surface area contributed by atoms with Crippen molar-refractivity contribution in [2.45, 2.75) is 36.3 Å². The van der Waals surface area contributed by atoms with Crippen LogP contribution in [0.25, 0.3) is 10.9 Å². The van der Waals surface area contributed by atoms with Crippen LogP contribution in [0.3, 0.4) is 0 Å². The standard InChI is InChI=1S/C28H32F4N4O3S/c1-34-14-12-26(22(29)17-34)35(2)24-8-5-9-25-21(24)15-19(36(25)18-28(30,31)32)7-6-13-33-23-11-10-20(40(4,37)38)16-27(23)39-3/h5,8-11,15-16,22,26,33H,12-14,17-18H2,1-4H3/t22-,26+/m0/s1. The number of hydrogen-bond donors (Lipinski definition) is 1. The predicted molar refractivity (Wildman–Crippen MR) is 149 cm³/mol. The molecule has 3 aromatic rings. The molecule has 2 aromatic carbocycles. The van der Waals surface area contributed by atoms with Crippen molar-refractivity contribution in [2.75, 3.05) is 57.3 Å². The van der Waals surface area contributed by atoms with Crippen LogP contribution in [0.5, 0.6) is 5.75 Å². The lowest BCUT2D eigenvalue weighted by Crippen LogP contribution is -2.50. The zero-order valence-electron chi connectivity index (χ0n) is 22.7. The van der Waals surface area contributed by atoms with Gasteiger partial charge < -0.3 is 24.4 Å². The monoisotopic (exact) mass is 580 g/mol. The number of nitrogens with zero attached hydrogens (tertiary/aromatic N) is 3. The molecular formula is C28H32F4N4O3S. The maximum absolute atomic E-state index is 14.9. The maximum atomic E-state index is 14.9. The van der Waals surface area contributed by atoms with Crippen molar-refractivity contribution >= 4 is 32.1 Å². The summed E-state index contributed by atoms with van der Waals surface area (Å²) in [6.45, 7) is -0.132. The number of halogens is 4. The predicted octanol–water partition coefficient (Wildman–Crippen LogP) is 4.56. The number of hydrogen-bond acceptors (Lipinski definition) is 6. The van der Waals surface area contributed by atoms with Gasteiger partial charge in [0.1, 0.15) is 18.5 Å². The first-order chi connectivity index (χ1) is 18.8. The Labute approximate surface area is 231 Å². The molecule has 1 N–H and O–H groups in total. The van der Waals surface area contributed by atoms with E-state index in [9.17, 15) is 26.0 Å². The smallest absolute Gasteiger partial charge is 0.406 e. The van der Waals surface area contributed by atoms with E-state index < -0.39 is 34.8 Å². The first kappa shape index (κ1) is 29.6. The van der Waals surface area contributed by atoms with Crippen molar-refractivity contribution in [3.05, 3.63) is 48.2 Å². The molecule has 0 amide bonds. The second-order valence-electron chi connectivity index (χ2n) is 9.98. The summed E-state index contributed by atoms with van der Waals surface area (Å²) in [5.74, 6) is 5.99. The summed E-state index contributed by atoms with van der Waals surface area (Å²) in [5.41, 5.74) is 1.67. The molecule has 1 fully saturated rings. The molecule has 7 nitrogen and oxygen atoms in total. The number of piperidine rings is 1. The Morgan fingerprint density at radius 2 is 1.95 bits per heavy atom. The van der Waals surface area contributed by atoms with Crippen LogP contribution in [0.15, 0.2) is 47.4 Å². The topological polar surface area (TPSA) is 66.8 Å². The van der Waals surface area contributed by atoms with Gasteiger partial charge >= 0.3 is 6.18 Å². The number of benzene rings is 2. The molecule has 0 saturated carbocycles. The maximum Gasteiger partial charge on any atom is 0.406 e. The molecule has 40 heavy (non-hydrogen) atoms. The number of anilines is 2. The second-order valence-corrected chi connectivity index (χ2v) is 12.0. The number of sulfone groups is 1. The van der Waals surface area contributed by atoms with Crippen molar-refractivity contribution in [3.63, 3.8) is 0 Å². The first-order valence-corrected chi connectivity index (χ1v) is 14.5. The number of ether oxygens (including phenoxy) is 1. The molecule has 1 aliphatic rings. The van der Waals surface area contributed by atoms with Gasteiger partial charge in [-0.05, 0) is 49.7 Å². The average Bonchev–Trinajstić information content (AvgIpc) is 3.21. The number of likely N-dealkylation sites (tertiary alicyclic amines) is 1. The Bertz CT molecular complexity index is 1540. The van der Waals surface area contributed by atoms with Crippen LogP contribution < -0.4 is 15.0 Å². The van der Waals surface area contributed by atoms with Crippen LogP contribution >= 0.6 is 0 Å². The molecule has 0 unspecified atom stereocenters. The SMILES string of the molecule is COc1cc(S(C)(=O)=O)ccc1NCC#Cc1cc2c(N(C)[C@@H]3CCN(C)C[C@@H]3F)cccc2n1CC(F)(F)F. The van der Waals surface area contributed by atoms with E-state index >= 15 is 0 Å². The molecule has 0 aliphatic carbocycles. The zero-order valence-corrected chi connectivity index (χ0v) is 23.5. The fourth-order valence-corrected chi connectivity index (χ4v) is 5.65. The number of methoxy groups -OCH3 is 1. The number of rotatable bonds is 7. The third-order valence-electron chi connectivity index (χ3n) is 7.03. The number of fused-ring (bicyclic) bond motifs is 1. The van der Waals surface area contributed by atoms with E-state index in [1.165, 1.54) is 19.2 Å². The average molecular weight is 581 g/mol. The van der Waals surface area contributed by atoms with E-state index in [-0.39, 0.29) is 17.1 Å². The lowest BCUT2D eigenvalue weighted by molar-refractivity contribution is -0.140. The highest BCUT2D eigenvalue weighted by Gasteiger charge is 2.33. The van der Waals surface area contributed by atoms with Crippen LogP contribution in [-0.4, -0.2) is 83.4 Å². The minimum Gasteiger partial charge on any atom is -0.495 e. The van der Waals surface area contributed by atoms with Gasteiger partial charge in [0.15, 0.2) is 9.84 Å². The fourth-order valence-electron chi connectivity index (χ4n) is 5.01. The minimum absolute atomic E-state index is 0.0635. The van der Waals surface area contributed by atoms with E-state index in [2.05, 4.69) is 17.2 Å². The number of aromatic nitrogens is 1. The fraction of sp³-hybridized carbons (Fsp3) is 0.429. The Morgan fingerprint density at radius 1 is 1.20 bits per heavy atom. The molecule has 12 heteroatoms. The molecule has 216 valence electrons. The highest BCUT2D eigenvalue weighted by Crippen LogP contribution is 2.34. The summed E-state index contributed by atoms with van der Waals surface area (Å²) in [6.07, 6.45) is -3.88. The molecule has 0 spiro atoms. The first-order valence-electron chi connectivity index (χ1n) is 12.6. The summed E-state index contributed by atoms with van der Waals surface area (Å²) in [6, 6.07) is 10.7. The van der Waals surface area contributed by atoms with Gasteiger partial charge in [-0.25, -0.2) is 12.8 Å². The lowest BCUT2D eigenvalue weighted by Gasteiger charge is -2.39. The van der Waals surface area contributed by atoms with Crippen molar-refractivity contribution in [3.8, 4) is 17.6 Å². The van der Waals surface area contributed by atoms with Gasteiger partial charge in [-0.1, -0.05) is 12.0 Å². The quantitative estimate of drug-likeness (QED) is 0.327. The van der Waals surface area contributed by atoms with Crippen molar-refractivity contribution in [1.82, 2.24) is 9.47 Å². The van der Waals surface area contributed by atoms with Gasteiger partial charge in [0.05, 0.1) is 41.5 Å². The third kappa shape index (κ3) is 6.64. The second kappa shape index (κ2) is 11.6. The van der Waals surface area contributed by atoms with E-state index in [0.717, 1.165) is 17.4 Å². The third-order valence-corrected chi connectivity index (χ3v) is 8.14.